The van der Waals surface area contributed by atoms with Crippen LogP contribution in [0.3, 0.4) is 0 Å². The Morgan fingerprint density at radius 3 is 2.95 bits per heavy atom. The van der Waals surface area contributed by atoms with Crippen molar-refractivity contribution in [3.8, 4) is 0 Å². The van der Waals surface area contributed by atoms with Crippen LogP contribution in [0, 0.1) is 0 Å². The van der Waals surface area contributed by atoms with Crippen LogP contribution in [-0.2, 0) is 13.1 Å². The highest BCUT2D eigenvalue weighted by atomic mass is 35.5. The molecule has 0 saturated heterocycles. The van der Waals surface area contributed by atoms with E-state index in [-0.39, 0.29) is 0 Å². The standard InChI is InChI=1S/C14H15Cl2N3/c1-2-5-17-9-14-18-6-7-19(14)10-11-3-4-12(15)8-13(11)16/h2-4,6-8,17H,1,5,9-10H2/p+1. The van der Waals surface area contributed by atoms with Crippen molar-refractivity contribution in [3.05, 3.63) is 64.7 Å². The molecule has 0 aliphatic heterocycles. The predicted molar refractivity (Wildman–Crippen MR) is 78.5 cm³/mol. The lowest BCUT2D eigenvalue weighted by Crippen LogP contribution is -2.82. The number of aromatic nitrogens is 2. The predicted octanol–water partition coefficient (Wildman–Crippen LogP) is 2.49. The highest BCUT2D eigenvalue weighted by Crippen LogP contribution is 2.22. The molecule has 0 aliphatic rings. The van der Waals surface area contributed by atoms with E-state index in [1.165, 1.54) is 0 Å². The topological polar surface area (TPSA) is 34.4 Å². The summed E-state index contributed by atoms with van der Waals surface area (Å²) >= 11 is 12.1. The Morgan fingerprint density at radius 2 is 2.21 bits per heavy atom. The maximum atomic E-state index is 6.19. The quantitative estimate of drug-likeness (QED) is 0.645. The first-order valence-corrected chi connectivity index (χ1v) is 6.83. The Bertz CT molecular complexity index is 564. The number of hydrogen-bond donors (Lipinski definition) is 1. The molecular weight excluding hydrogens is 281 g/mol. The van der Waals surface area contributed by atoms with Crippen LogP contribution in [0.4, 0.5) is 0 Å². The Morgan fingerprint density at radius 1 is 1.37 bits per heavy atom. The van der Waals surface area contributed by atoms with E-state index in [4.69, 9.17) is 23.2 Å². The summed E-state index contributed by atoms with van der Waals surface area (Å²) in [6.45, 7) is 6.11. The summed E-state index contributed by atoms with van der Waals surface area (Å²) in [5, 5.41) is 3.48. The van der Waals surface area contributed by atoms with Crippen molar-refractivity contribution >= 4 is 23.2 Å². The van der Waals surface area contributed by atoms with Gasteiger partial charge in [-0.05, 0) is 23.8 Å². The molecule has 0 radical (unpaired) electrons. The normalized spacial score (nSPS) is 10.6. The van der Waals surface area contributed by atoms with Crippen LogP contribution in [0.15, 0.2) is 43.2 Å². The Hall–Kier alpha value is -1.29. The van der Waals surface area contributed by atoms with Crippen LogP contribution >= 0.6 is 23.2 Å². The van der Waals surface area contributed by atoms with Crippen molar-refractivity contribution in [1.82, 2.24) is 9.55 Å². The van der Waals surface area contributed by atoms with E-state index in [1.54, 1.807) is 12.3 Å². The molecule has 0 bridgehead atoms. The van der Waals surface area contributed by atoms with Crippen LogP contribution in [0.1, 0.15) is 11.4 Å². The number of quaternary nitrogens is 1. The Kier molecular flexibility index (Phi) is 5.02. The number of nitrogens with two attached hydrogens (primary N) is 1. The first-order valence-electron chi connectivity index (χ1n) is 6.07. The molecule has 0 amide bonds. The third-order valence-electron chi connectivity index (χ3n) is 2.82. The van der Waals surface area contributed by atoms with Crippen LogP contribution in [0.25, 0.3) is 0 Å². The molecule has 1 aromatic carbocycles. The van der Waals surface area contributed by atoms with Gasteiger partial charge in [-0.25, -0.2) is 4.98 Å². The van der Waals surface area contributed by atoms with E-state index in [0.29, 0.717) is 16.6 Å². The van der Waals surface area contributed by atoms with E-state index < -0.39 is 0 Å². The van der Waals surface area contributed by atoms with Gasteiger partial charge >= 0.3 is 0 Å². The molecule has 2 aromatic rings. The Balaban J connectivity index is 2.10. The molecule has 0 spiro atoms. The van der Waals surface area contributed by atoms with Crippen molar-refractivity contribution in [2.45, 2.75) is 13.1 Å². The zero-order valence-corrected chi connectivity index (χ0v) is 12.0. The molecule has 100 valence electrons. The minimum Gasteiger partial charge on any atom is -0.337 e. The van der Waals surface area contributed by atoms with Gasteiger partial charge in [0.05, 0.1) is 13.1 Å². The third-order valence-corrected chi connectivity index (χ3v) is 3.40. The van der Waals surface area contributed by atoms with Gasteiger partial charge in [-0.2, -0.15) is 0 Å². The van der Waals surface area contributed by atoms with E-state index in [0.717, 1.165) is 24.5 Å². The number of rotatable bonds is 6. The summed E-state index contributed by atoms with van der Waals surface area (Å²) in [6.07, 6.45) is 5.65. The van der Waals surface area contributed by atoms with Gasteiger partial charge in [0, 0.05) is 22.4 Å². The van der Waals surface area contributed by atoms with Gasteiger partial charge in [0.15, 0.2) is 5.82 Å². The van der Waals surface area contributed by atoms with Gasteiger partial charge in [0.2, 0.25) is 0 Å². The maximum absolute atomic E-state index is 6.19. The molecule has 19 heavy (non-hydrogen) atoms. The largest absolute Gasteiger partial charge is 0.337 e. The zero-order chi connectivity index (χ0) is 13.7. The smallest absolute Gasteiger partial charge is 0.164 e. The maximum Gasteiger partial charge on any atom is 0.164 e. The minimum atomic E-state index is 0.652. The van der Waals surface area contributed by atoms with E-state index in [9.17, 15) is 0 Å². The van der Waals surface area contributed by atoms with Gasteiger partial charge in [-0.3, -0.25) is 0 Å². The molecule has 5 heteroatoms. The molecule has 1 heterocycles. The number of halogens is 2. The molecule has 0 aliphatic carbocycles. The number of nitrogens with zero attached hydrogens (tertiary/aromatic N) is 2. The summed E-state index contributed by atoms with van der Waals surface area (Å²) in [6, 6.07) is 5.56. The van der Waals surface area contributed by atoms with Crippen LogP contribution in [-0.4, -0.2) is 16.1 Å². The number of benzene rings is 1. The fourth-order valence-electron chi connectivity index (χ4n) is 1.84. The van der Waals surface area contributed by atoms with Crippen LogP contribution in [0.5, 0.6) is 0 Å². The molecule has 0 fully saturated rings. The Labute approximate surface area is 122 Å². The average Bonchev–Trinajstić information content (AvgIpc) is 2.81. The van der Waals surface area contributed by atoms with E-state index >= 15 is 0 Å². The molecule has 3 nitrogen and oxygen atoms in total. The van der Waals surface area contributed by atoms with Crippen LogP contribution in [0.2, 0.25) is 10.0 Å². The lowest BCUT2D eigenvalue weighted by atomic mass is 10.2. The van der Waals surface area contributed by atoms with Gasteiger partial charge in [-0.15, -0.1) is 0 Å². The number of hydrogen-bond acceptors (Lipinski definition) is 1. The summed E-state index contributed by atoms with van der Waals surface area (Å²) in [4.78, 5) is 4.36. The fraction of sp³-hybridized carbons (Fsp3) is 0.214. The third kappa shape index (κ3) is 3.83. The van der Waals surface area contributed by atoms with E-state index in [1.807, 2.05) is 24.4 Å². The second-order valence-electron chi connectivity index (χ2n) is 4.22. The lowest BCUT2D eigenvalue weighted by molar-refractivity contribution is -0.663. The second kappa shape index (κ2) is 6.75. The summed E-state index contributed by atoms with van der Waals surface area (Å²) in [7, 11) is 0. The molecule has 0 saturated carbocycles. The first kappa shape index (κ1) is 14.1. The molecule has 2 rings (SSSR count). The van der Waals surface area contributed by atoms with Crippen molar-refractivity contribution in [2.24, 2.45) is 0 Å². The van der Waals surface area contributed by atoms with Gasteiger partial charge in [0.25, 0.3) is 0 Å². The van der Waals surface area contributed by atoms with E-state index in [2.05, 4.69) is 21.4 Å². The average molecular weight is 297 g/mol. The zero-order valence-electron chi connectivity index (χ0n) is 10.5. The van der Waals surface area contributed by atoms with Gasteiger partial charge < -0.3 is 9.88 Å². The molecule has 0 atom stereocenters. The van der Waals surface area contributed by atoms with Crippen LogP contribution < -0.4 is 5.32 Å². The van der Waals surface area contributed by atoms with Gasteiger partial charge in [-0.1, -0.05) is 35.8 Å². The molecule has 1 aromatic heterocycles. The summed E-state index contributed by atoms with van der Waals surface area (Å²) in [5.41, 5.74) is 1.04. The monoisotopic (exact) mass is 296 g/mol. The van der Waals surface area contributed by atoms with Crippen molar-refractivity contribution in [1.29, 1.82) is 0 Å². The SMILES string of the molecule is C=CC[NH2+]Cc1nccn1Cc1ccc(Cl)cc1Cl. The summed E-state index contributed by atoms with van der Waals surface area (Å²) < 4.78 is 2.09. The van der Waals surface area contributed by atoms with Crippen molar-refractivity contribution in [3.63, 3.8) is 0 Å². The fourth-order valence-corrected chi connectivity index (χ4v) is 2.31. The van der Waals surface area contributed by atoms with Gasteiger partial charge in [0.1, 0.15) is 6.54 Å². The molecule has 0 unspecified atom stereocenters. The van der Waals surface area contributed by atoms with Crippen molar-refractivity contribution in [2.75, 3.05) is 6.54 Å². The highest BCUT2D eigenvalue weighted by molar-refractivity contribution is 6.35. The molecular formula is C14H16Cl2N3+. The second-order valence-corrected chi connectivity index (χ2v) is 5.07. The molecule has 2 N–H and O–H groups in total. The number of imidazole rings is 1. The highest BCUT2D eigenvalue weighted by Gasteiger charge is 2.07. The lowest BCUT2D eigenvalue weighted by Gasteiger charge is -2.09. The van der Waals surface area contributed by atoms with Crippen molar-refractivity contribution < 1.29 is 5.32 Å². The summed E-state index contributed by atoms with van der Waals surface area (Å²) in [5.74, 6) is 1.02. The first-order chi connectivity index (χ1) is 9.20. The minimum absolute atomic E-state index is 0.652.